The molecule has 0 bridgehead atoms. The van der Waals surface area contributed by atoms with E-state index in [-0.39, 0.29) is 5.75 Å². The van der Waals surface area contributed by atoms with Crippen LogP contribution in [0.1, 0.15) is 36.6 Å². The molecule has 0 aliphatic carbocycles. The monoisotopic (exact) mass is 424 g/mol. The summed E-state index contributed by atoms with van der Waals surface area (Å²) in [5, 5.41) is 0.979. The summed E-state index contributed by atoms with van der Waals surface area (Å²) < 4.78 is 25.5. The van der Waals surface area contributed by atoms with E-state index in [2.05, 4.69) is 6.07 Å². The molecule has 2 heterocycles. The van der Waals surface area contributed by atoms with E-state index < -0.39 is 21.4 Å². The van der Waals surface area contributed by atoms with Crippen molar-refractivity contribution >= 4 is 26.6 Å². The number of nitrogens with two attached hydrogens (primary N) is 2. The van der Waals surface area contributed by atoms with Crippen molar-refractivity contribution in [2.45, 2.75) is 43.8 Å². The number of benzene rings is 2. The first-order chi connectivity index (χ1) is 14.1. The van der Waals surface area contributed by atoms with Gasteiger partial charge in [0.25, 0.3) is 0 Å². The maximum atomic E-state index is 12.7. The van der Waals surface area contributed by atoms with Gasteiger partial charge in [0.1, 0.15) is 5.82 Å². The average Bonchev–Trinajstić information content (AvgIpc) is 2.82. The number of sulfone groups is 1. The second-order valence-corrected chi connectivity index (χ2v) is 10.8. The van der Waals surface area contributed by atoms with Crippen LogP contribution in [0.25, 0.3) is 10.9 Å². The van der Waals surface area contributed by atoms with Crippen molar-refractivity contribution in [1.29, 1.82) is 0 Å². The van der Waals surface area contributed by atoms with Crippen molar-refractivity contribution in [3.05, 3.63) is 65.2 Å². The van der Waals surface area contributed by atoms with E-state index in [1.165, 1.54) is 0 Å². The Balaban J connectivity index is 1.87. The second kappa shape index (κ2) is 7.34. The molecular weight excluding hydrogens is 396 g/mol. The summed E-state index contributed by atoms with van der Waals surface area (Å²) in [6, 6.07) is 14.8. The highest BCUT2D eigenvalue weighted by molar-refractivity contribution is 7.91. The average molecular weight is 425 g/mol. The van der Waals surface area contributed by atoms with E-state index >= 15 is 0 Å². The Morgan fingerprint density at radius 1 is 1.13 bits per heavy atom. The van der Waals surface area contributed by atoms with Gasteiger partial charge in [-0.1, -0.05) is 29.8 Å². The highest BCUT2D eigenvalue weighted by Gasteiger charge is 2.29. The summed E-state index contributed by atoms with van der Waals surface area (Å²) in [7, 11) is -3.33. The maximum absolute atomic E-state index is 12.7. The number of fused-ring (bicyclic) bond motifs is 2. The zero-order valence-corrected chi connectivity index (χ0v) is 18.4. The molecule has 0 saturated carbocycles. The van der Waals surface area contributed by atoms with Gasteiger partial charge in [-0.3, -0.25) is 0 Å². The van der Waals surface area contributed by atoms with Gasteiger partial charge in [-0.05, 0) is 56.2 Å². The van der Waals surface area contributed by atoms with Crippen LogP contribution in [0.3, 0.4) is 0 Å². The van der Waals surface area contributed by atoms with E-state index in [0.29, 0.717) is 23.8 Å². The zero-order valence-electron chi connectivity index (χ0n) is 17.6. The lowest BCUT2D eigenvalue weighted by atomic mass is 9.88. The minimum Gasteiger partial charge on any atom is -0.351 e. The van der Waals surface area contributed by atoms with Crippen molar-refractivity contribution in [3.8, 4) is 0 Å². The van der Waals surface area contributed by atoms with Crippen LogP contribution >= 0.6 is 0 Å². The summed E-state index contributed by atoms with van der Waals surface area (Å²) in [5.41, 5.74) is 16.0. The third-order valence-corrected chi connectivity index (χ3v) is 7.53. The smallest absolute Gasteiger partial charge is 0.180 e. The first kappa shape index (κ1) is 20.8. The van der Waals surface area contributed by atoms with E-state index in [4.69, 9.17) is 16.5 Å². The van der Waals surface area contributed by atoms with Crippen LogP contribution in [0.2, 0.25) is 0 Å². The molecule has 1 aromatic heterocycles. The van der Waals surface area contributed by atoms with Gasteiger partial charge < -0.3 is 16.4 Å². The zero-order chi connectivity index (χ0) is 21.7. The first-order valence-corrected chi connectivity index (χ1v) is 11.7. The molecule has 7 heteroatoms. The number of nitrogens with zero attached hydrogens (tertiary/aromatic N) is 2. The van der Waals surface area contributed by atoms with Crippen molar-refractivity contribution in [2.24, 2.45) is 11.5 Å². The molecule has 1 atom stereocenters. The lowest BCUT2D eigenvalue weighted by molar-refractivity contribution is 0.422. The topological polar surface area (TPSA) is 102 Å². The minimum absolute atomic E-state index is 0.0431. The number of pyridine rings is 1. The van der Waals surface area contributed by atoms with Crippen LogP contribution in [0.4, 0.5) is 5.82 Å². The summed E-state index contributed by atoms with van der Waals surface area (Å²) in [5.74, 6) is 0.759. The standard InChI is InChI=1S/C23H28N4O2S/c1-15-8-9-19-17(12-15)18(22(24)23(2,3)25)13-21(26-19)27-10-11-30(28,29)20-7-5-4-6-16(20)14-27/h4-9,12-13,22H,10-11,14,24-25H2,1-3H3. The highest BCUT2D eigenvalue weighted by Crippen LogP contribution is 2.33. The fourth-order valence-corrected chi connectivity index (χ4v) is 5.43. The van der Waals surface area contributed by atoms with Crippen molar-refractivity contribution < 1.29 is 8.42 Å². The summed E-state index contributed by atoms with van der Waals surface area (Å²) >= 11 is 0. The van der Waals surface area contributed by atoms with E-state index in [0.717, 1.165) is 27.6 Å². The van der Waals surface area contributed by atoms with Gasteiger partial charge in [-0.25, -0.2) is 13.4 Å². The predicted molar refractivity (Wildman–Crippen MR) is 121 cm³/mol. The Morgan fingerprint density at radius 2 is 1.87 bits per heavy atom. The molecule has 0 radical (unpaired) electrons. The molecule has 158 valence electrons. The number of rotatable bonds is 3. The summed E-state index contributed by atoms with van der Waals surface area (Å²) in [6.45, 7) is 6.69. The lowest BCUT2D eigenvalue weighted by Gasteiger charge is -2.30. The molecule has 3 aromatic rings. The van der Waals surface area contributed by atoms with Crippen molar-refractivity contribution in [1.82, 2.24) is 4.98 Å². The molecule has 0 fully saturated rings. The normalized spacial score (nSPS) is 17.4. The number of anilines is 1. The Labute approximate surface area is 177 Å². The number of aromatic nitrogens is 1. The van der Waals surface area contributed by atoms with Crippen LogP contribution in [0, 0.1) is 6.92 Å². The van der Waals surface area contributed by atoms with Gasteiger partial charge in [-0.2, -0.15) is 0 Å². The Bertz CT molecular complexity index is 1220. The third kappa shape index (κ3) is 3.80. The summed E-state index contributed by atoms with van der Waals surface area (Å²) in [4.78, 5) is 7.28. The van der Waals surface area contributed by atoms with E-state index in [9.17, 15) is 8.42 Å². The maximum Gasteiger partial charge on any atom is 0.180 e. The fourth-order valence-electron chi connectivity index (χ4n) is 3.93. The van der Waals surface area contributed by atoms with E-state index in [1.54, 1.807) is 12.1 Å². The van der Waals surface area contributed by atoms with Crippen LogP contribution in [0.15, 0.2) is 53.4 Å². The Morgan fingerprint density at radius 3 is 2.60 bits per heavy atom. The number of hydrogen-bond donors (Lipinski definition) is 2. The van der Waals surface area contributed by atoms with Crippen LogP contribution in [-0.4, -0.2) is 31.2 Å². The molecule has 30 heavy (non-hydrogen) atoms. The second-order valence-electron chi connectivity index (χ2n) is 8.74. The molecule has 0 amide bonds. The molecule has 4 rings (SSSR count). The highest BCUT2D eigenvalue weighted by atomic mass is 32.2. The van der Waals surface area contributed by atoms with Crippen molar-refractivity contribution in [2.75, 3.05) is 17.2 Å². The molecule has 1 aliphatic heterocycles. The summed E-state index contributed by atoms with van der Waals surface area (Å²) in [6.07, 6.45) is 0. The molecule has 0 saturated heterocycles. The number of hydrogen-bond acceptors (Lipinski definition) is 6. The lowest BCUT2D eigenvalue weighted by Crippen LogP contribution is -2.44. The molecule has 1 unspecified atom stereocenters. The Hall–Kier alpha value is -2.48. The molecule has 0 spiro atoms. The van der Waals surface area contributed by atoms with Gasteiger partial charge >= 0.3 is 0 Å². The van der Waals surface area contributed by atoms with Crippen LogP contribution < -0.4 is 16.4 Å². The van der Waals surface area contributed by atoms with Gasteiger partial charge in [0.2, 0.25) is 0 Å². The van der Waals surface area contributed by atoms with Crippen molar-refractivity contribution in [3.63, 3.8) is 0 Å². The molecule has 2 aromatic carbocycles. The third-order valence-electron chi connectivity index (χ3n) is 5.74. The van der Waals surface area contributed by atoms with Crippen LogP contribution in [-0.2, 0) is 16.4 Å². The van der Waals surface area contributed by atoms with Gasteiger partial charge in [-0.15, -0.1) is 0 Å². The quantitative estimate of drug-likeness (QED) is 0.670. The molecule has 1 aliphatic rings. The van der Waals surface area contributed by atoms with Gasteiger partial charge in [0.05, 0.1) is 16.2 Å². The van der Waals surface area contributed by atoms with Gasteiger partial charge in [0, 0.05) is 30.1 Å². The molecule has 4 N–H and O–H groups in total. The van der Waals surface area contributed by atoms with E-state index in [1.807, 2.05) is 56.0 Å². The minimum atomic E-state index is -3.33. The Kier molecular flexibility index (Phi) is 5.08. The molecule has 6 nitrogen and oxygen atoms in total. The molecular formula is C23H28N4O2S. The SMILES string of the molecule is Cc1ccc2nc(N3CCS(=O)(=O)c4ccccc4C3)cc(C(N)C(C)(C)N)c2c1. The predicted octanol–water partition coefficient (Wildman–Crippen LogP) is 3.07. The fraction of sp³-hybridized carbons (Fsp3) is 0.348. The first-order valence-electron chi connectivity index (χ1n) is 10.1. The van der Waals surface area contributed by atoms with Crippen LogP contribution in [0.5, 0.6) is 0 Å². The number of aryl methyl sites for hydroxylation is 1. The largest absolute Gasteiger partial charge is 0.351 e. The van der Waals surface area contributed by atoms with Gasteiger partial charge in [0.15, 0.2) is 9.84 Å².